The molecule has 5 heteroatoms. The van der Waals surface area contributed by atoms with Crippen molar-refractivity contribution in [1.82, 2.24) is 5.32 Å². The lowest BCUT2D eigenvalue weighted by atomic mass is 10.2. The van der Waals surface area contributed by atoms with Crippen LogP contribution in [0.15, 0.2) is 36.4 Å². The molecule has 0 aliphatic heterocycles. The van der Waals surface area contributed by atoms with Gasteiger partial charge in [0.05, 0.1) is 0 Å². The van der Waals surface area contributed by atoms with E-state index >= 15 is 0 Å². The zero-order valence-corrected chi connectivity index (χ0v) is 10.6. The van der Waals surface area contributed by atoms with E-state index in [2.05, 4.69) is 5.32 Å². The van der Waals surface area contributed by atoms with Crippen LogP contribution in [-0.4, -0.2) is 0 Å². The van der Waals surface area contributed by atoms with E-state index in [1.165, 1.54) is 0 Å². The van der Waals surface area contributed by atoms with Crippen molar-refractivity contribution >= 4 is 11.6 Å². The van der Waals surface area contributed by atoms with Crippen molar-refractivity contribution in [2.45, 2.75) is 13.1 Å². The molecule has 0 aromatic heterocycles. The van der Waals surface area contributed by atoms with E-state index in [1.807, 2.05) is 12.1 Å². The summed E-state index contributed by atoms with van der Waals surface area (Å²) in [7, 11) is 0. The van der Waals surface area contributed by atoms with Crippen LogP contribution >= 0.6 is 11.6 Å². The standard InChI is InChI=1S/C14H11ClF3N/c15-11-3-1-2-9(4-11)7-19-8-10-5-12(16)14(18)13(17)6-10/h1-6,19H,7-8H2. The summed E-state index contributed by atoms with van der Waals surface area (Å²) in [4.78, 5) is 0. The Bertz CT molecular complexity index is 564. The van der Waals surface area contributed by atoms with Gasteiger partial charge in [-0.2, -0.15) is 0 Å². The number of nitrogens with one attached hydrogen (secondary N) is 1. The molecule has 100 valence electrons. The molecule has 0 aliphatic carbocycles. The molecule has 0 saturated heterocycles. The van der Waals surface area contributed by atoms with Crippen LogP contribution in [-0.2, 0) is 13.1 Å². The maximum Gasteiger partial charge on any atom is 0.194 e. The van der Waals surface area contributed by atoms with E-state index in [0.29, 0.717) is 17.1 Å². The Hall–Kier alpha value is -1.52. The summed E-state index contributed by atoms with van der Waals surface area (Å²) >= 11 is 5.83. The first kappa shape index (κ1) is 13.9. The predicted octanol–water partition coefficient (Wildman–Crippen LogP) is 4.05. The average Bonchev–Trinajstić information content (AvgIpc) is 2.36. The lowest BCUT2D eigenvalue weighted by Crippen LogP contribution is -2.13. The molecule has 0 bridgehead atoms. The van der Waals surface area contributed by atoms with Crippen molar-refractivity contribution in [3.63, 3.8) is 0 Å². The summed E-state index contributed by atoms with van der Waals surface area (Å²) in [6.45, 7) is 0.738. The van der Waals surface area contributed by atoms with Gasteiger partial charge in [-0.25, -0.2) is 13.2 Å². The molecule has 2 rings (SSSR count). The summed E-state index contributed by atoms with van der Waals surface area (Å²) in [6, 6.07) is 9.20. The summed E-state index contributed by atoms with van der Waals surface area (Å²) in [5.74, 6) is -3.81. The van der Waals surface area contributed by atoms with Crippen LogP contribution in [0.2, 0.25) is 5.02 Å². The second-order valence-corrected chi connectivity index (χ2v) is 4.54. The smallest absolute Gasteiger partial charge is 0.194 e. The molecule has 0 heterocycles. The lowest BCUT2D eigenvalue weighted by Gasteiger charge is -2.06. The van der Waals surface area contributed by atoms with Crippen molar-refractivity contribution in [2.75, 3.05) is 0 Å². The molecule has 1 nitrogen and oxygen atoms in total. The Morgan fingerprint density at radius 2 is 1.53 bits per heavy atom. The number of hydrogen-bond acceptors (Lipinski definition) is 1. The topological polar surface area (TPSA) is 12.0 Å². The van der Waals surface area contributed by atoms with Crippen molar-refractivity contribution in [3.05, 3.63) is 70.0 Å². The summed E-state index contributed by atoms with van der Waals surface area (Å²) in [5.41, 5.74) is 1.30. The molecule has 19 heavy (non-hydrogen) atoms. The minimum atomic E-state index is -1.45. The quantitative estimate of drug-likeness (QED) is 0.836. The van der Waals surface area contributed by atoms with Gasteiger partial charge in [0.25, 0.3) is 0 Å². The van der Waals surface area contributed by atoms with Crippen LogP contribution in [0, 0.1) is 17.5 Å². The highest BCUT2D eigenvalue weighted by molar-refractivity contribution is 6.30. The Kier molecular flexibility index (Phi) is 4.45. The molecule has 0 unspecified atom stereocenters. The van der Waals surface area contributed by atoms with Gasteiger partial charge in [0, 0.05) is 18.1 Å². The lowest BCUT2D eigenvalue weighted by molar-refractivity contribution is 0.444. The van der Waals surface area contributed by atoms with Crippen molar-refractivity contribution in [3.8, 4) is 0 Å². The number of hydrogen-bond donors (Lipinski definition) is 1. The molecule has 0 fully saturated rings. The number of halogens is 4. The van der Waals surface area contributed by atoms with Gasteiger partial charge in [0.2, 0.25) is 0 Å². The van der Waals surface area contributed by atoms with E-state index in [0.717, 1.165) is 17.7 Å². The minimum Gasteiger partial charge on any atom is -0.309 e. The van der Waals surface area contributed by atoms with Crippen LogP contribution in [0.4, 0.5) is 13.2 Å². The number of benzene rings is 2. The Labute approximate surface area is 114 Å². The van der Waals surface area contributed by atoms with Crippen molar-refractivity contribution in [1.29, 1.82) is 0 Å². The summed E-state index contributed by atoms with van der Waals surface area (Å²) in [6.07, 6.45) is 0. The molecule has 0 atom stereocenters. The molecule has 0 aliphatic rings. The first-order valence-corrected chi connectivity index (χ1v) is 6.02. The molecule has 1 N–H and O–H groups in total. The maximum atomic E-state index is 13.0. The highest BCUT2D eigenvalue weighted by Gasteiger charge is 2.10. The largest absolute Gasteiger partial charge is 0.309 e. The zero-order valence-electron chi connectivity index (χ0n) is 9.89. The van der Waals surface area contributed by atoms with E-state index in [-0.39, 0.29) is 6.54 Å². The van der Waals surface area contributed by atoms with Gasteiger partial charge in [0.15, 0.2) is 17.5 Å². The van der Waals surface area contributed by atoms with E-state index in [1.54, 1.807) is 12.1 Å². The van der Waals surface area contributed by atoms with Gasteiger partial charge in [-0.3, -0.25) is 0 Å². The van der Waals surface area contributed by atoms with Crippen LogP contribution in [0.5, 0.6) is 0 Å². The SMILES string of the molecule is Fc1cc(CNCc2cccc(Cl)c2)cc(F)c1F. The Morgan fingerprint density at radius 3 is 2.16 bits per heavy atom. The molecule has 0 spiro atoms. The third-order valence-corrected chi connectivity index (χ3v) is 2.83. The average molecular weight is 286 g/mol. The molecule has 0 saturated carbocycles. The fourth-order valence-electron chi connectivity index (χ4n) is 1.71. The van der Waals surface area contributed by atoms with E-state index in [9.17, 15) is 13.2 Å². The molecule has 0 radical (unpaired) electrons. The van der Waals surface area contributed by atoms with E-state index < -0.39 is 17.5 Å². The third kappa shape index (κ3) is 3.72. The van der Waals surface area contributed by atoms with Gasteiger partial charge in [0.1, 0.15) is 0 Å². The Balaban J connectivity index is 1.96. The van der Waals surface area contributed by atoms with Gasteiger partial charge in [-0.05, 0) is 35.4 Å². The highest BCUT2D eigenvalue weighted by atomic mass is 35.5. The van der Waals surface area contributed by atoms with Gasteiger partial charge < -0.3 is 5.32 Å². The van der Waals surface area contributed by atoms with Gasteiger partial charge in [-0.1, -0.05) is 23.7 Å². The first-order chi connectivity index (χ1) is 9.06. The first-order valence-electron chi connectivity index (χ1n) is 5.65. The predicted molar refractivity (Wildman–Crippen MR) is 68.3 cm³/mol. The van der Waals surface area contributed by atoms with Gasteiger partial charge in [-0.15, -0.1) is 0 Å². The second-order valence-electron chi connectivity index (χ2n) is 4.11. The zero-order chi connectivity index (χ0) is 13.8. The maximum absolute atomic E-state index is 13.0. The second kappa shape index (κ2) is 6.08. The molecular weight excluding hydrogens is 275 g/mol. The van der Waals surface area contributed by atoms with Crippen LogP contribution in [0.1, 0.15) is 11.1 Å². The molecular formula is C14H11ClF3N. The van der Waals surface area contributed by atoms with Crippen molar-refractivity contribution < 1.29 is 13.2 Å². The fourth-order valence-corrected chi connectivity index (χ4v) is 1.92. The number of rotatable bonds is 4. The van der Waals surface area contributed by atoms with Crippen LogP contribution in [0.25, 0.3) is 0 Å². The summed E-state index contributed by atoms with van der Waals surface area (Å²) in [5, 5.41) is 3.63. The molecule has 0 amide bonds. The molecule has 2 aromatic carbocycles. The van der Waals surface area contributed by atoms with Crippen molar-refractivity contribution in [2.24, 2.45) is 0 Å². The Morgan fingerprint density at radius 1 is 0.895 bits per heavy atom. The third-order valence-electron chi connectivity index (χ3n) is 2.59. The van der Waals surface area contributed by atoms with E-state index in [4.69, 9.17) is 11.6 Å². The van der Waals surface area contributed by atoms with Gasteiger partial charge >= 0.3 is 0 Å². The normalized spacial score (nSPS) is 10.7. The summed E-state index contributed by atoms with van der Waals surface area (Å²) < 4.78 is 38.7. The van der Waals surface area contributed by atoms with Crippen LogP contribution in [0.3, 0.4) is 0 Å². The fraction of sp³-hybridized carbons (Fsp3) is 0.143. The van der Waals surface area contributed by atoms with Crippen LogP contribution < -0.4 is 5.32 Å². The highest BCUT2D eigenvalue weighted by Crippen LogP contribution is 2.14. The monoisotopic (exact) mass is 285 g/mol. The minimum absolute atomic E-state index is 0.237. The molecule has 2 aromatic rings.